The molecule has 0 amide bonds. The Labute approximate surface area is 96.2 Å². The first kappa shape index (κ1) is 12.9. The quantitative estimate of drug-likeness (QED) is 0.750. The third-order valence-electron chi connectivity index (χ3n) is 1.97. The molecule has 5 heteroatoms. The fraction of sp³-hybridized carbons (Fsp3) is 0.636. The standard InChI is InChI=1S/C11H19N3O2/c1-4-12-7-10-5-6-11(14-13-10)16-9(2)8-15-3/h5-6,9,12H,4,7-8H2,1-3H3. The lowest BCUT2D eigenvalue weighted by Gasteiger charge is -2.12. The van der Waals surface area contributed by atoms with Crippen LogP contribution in [0, 0.1) is 0 Å². The van der Waals surface area contributed by atoms with Gasteiger partial charge in [-0.15, -0.1) is 5.10 Å². The fourth-order valence-electron chi connectivity index (χ4n) is 1.23. The molecule has 90 valence electrons. The molecule has 1 rings (SSSR count). The maximum Gasteiger partial charge on any atom is 0.233 e. The Morgan fingerprint density at radius 2 is 2.19 bits per heavy atom. The molecule has 1 unspecified atom stereocenters. The summed E-state index contributed by atoms with van der Waals surface area (Å²) < 4.78 is 10.5. The lowest BCUT2D eigenvalue weighted by Crippen LogP contribution is -2.19. The highest BCUT2D eigenvalue weighted by molar-refractivity contribution is 5.11. The van der Waals surface area contributed by atoms with Crippen molar-refractivity contribution in [1.82, 2.24) is 15.5 Å². The van der Waals surface area contributed by atoms with Gasteiger partial charge in [-0.2, -0.15) is 5.10 Å². The highest BCUT2D eigenvalue weighted by Crippen LogP contribution is 2.07. The summed E-state index contributed by atoms with van der Waals surface area (Å²) in [5, 5.41) is 11.2. The van der Waals surface area contributed by atoms with Crippen LogP contribution in [0.3, 0.4) is 0 Å². The van der Waals surface area contributed by atoms with Crippen LogP contribution >= 0.6 is 0 Å². The van der Waals surface area contributed by atoms with E-state index < -0.39 is 0 Å². The van der Waals surface area contributed by atoms with Crippen LogP contribution in [-0.2, 0) is 11.3 Å². The molecule has 16 heavy (non-hydrogen) atoms. The van der Waals surface area contributed by atoms with Crippen molar-refractivity contribution in [2.24, 2.45) is 0 Å². The zero-order valence-corrected chi connectivity index (χ0v) is 10.1. The second kappa shape index (κ2) is 7.14. The number of hydrogen-bond donors (Lipinski definition) is 1. The molecule has 0 aromatic carbocycles. The van der Waals surface area contributed by atoms with Crippen molar-refractivity contribution in [1.29, 1.82) is 0 Å². The smallest absolute Gasteiger partial charge is 0.233 e. The number of methoxy groups -OCH3 is 1. The summed E-state index contributed by atoms with van der Waals surface area (Å²) in [5.41, 5.74) is 0.911. The van der Waals surface area contributed by atoms with Gasteiger partial charge < -0.3 is 14.8 Å². The Balaban J connectivity index is 2.44. The molecule has 1 aromatic rings. The van der Waals surface area contributed by atoms with E-state index in [2.05, 4.69) is 22.4 Å². The van der Waals surface area contributed by atoms with Gasteiger partial charge in [0.2, 0.25) is 5.88 Å². The van der Waals surface area contributed by atoms with E-state index in [9.17, 15) is 0 Å². The van der Waals surface area contributed by atoms with Crippen LogP contribution in [-0.4, -0.2) is 36.6 Å². The van der Waals surface area contributed by atoms with Gasteiger partial charge in [-0.1, -0.05) is 6.92 Å². The van der Waals surface area contributed by atoms with Crippen molar-refractivity contribution >= 4 is 0 Å². The summed E-state index contributed by atoms with van der Waals surface area (Å²) in [4.78, 5) is 0. The molecule has 0 bridgehead atoms. The lowest BCUT2D eigenvalue weighted by molar-refractivity contribution is 0.0882. The number of rotatable bonds is 7. The van der Waals surface area contributed by atoms with E-state index in [-0.39, 0.29) is 6.10 Å². The Kier molecular flexibility index (Phi) is 5.74. The van der Waals surface area contributed by atoms with Gasteiger partial charge in [0, 0.05) is 19.7 Å². The van der Waals surface area contributed by atoms with Crippen molar-refractivity contribution in [3.8, 4) is 5.88 Å². The number of ether oxygens (including phenoxy) is 2. The summed E-state index contributed by atoms with van der Waals surface area (Å²) in [5.74, 6) is 0.532. The van der Waals surface area contributed by atoms with Crippen LogP contribution < -0.4 is 10.1 Å². The first-order valence-electron chi connectivity index (χ1n) is 5.45. The summed E-state index contributed by atoms with van der Waals surface area (Å²) in [7, 11) is 1.64. The molecular formula is C11H19N3O2. The molecule has 1 atom stereocenters. The molecule has 0 aliphatic rings. The highest BCUT2D eigenvalue weighted by atomic mass is 16.5. The SMILES string of the molecule is CCNCc1ccc(OC(C)COC)nn1. The van der Waals surface area contributed by atoms with Crippen molar-refractivity contribution in [3.63, 3.8) is 0 Å². The number of nitrogens with zero attached hydrogens (tertiary/aromatic N) is 2. The minimum absolute atomic E-state index is 0.0149. The Morgan fingerprint density at radius 3 is 2.75 bits per heavy atom. The van der Waals surface area contributed by atoms with Crippen molar-refractivity contribution in [3.05, 3.63) is 17.8 Å². The number of hydrogen-bond acceptors (Lipinski definition) is 5. The summed E-state index contributed by atoms with van der Waals surface area (Å²) >= 11 is 0. The van der Waals surface area contributed by atoms with E-state index in [1.54, 1.807) is 7.11 Å². The molecule has 5 nitrogen and oxygen atoms in total. The van der Waals surface area contributed by atoms with Crippen molar-refractivity contribution in [2.75, 3.05) is 20.3 Å². The van der Waals surface area contributed by atoms with Crippen molar-refractivity contribution < 1.29 is 9.47 Å². The maximum absolute atomic E-state index is 5.50. The summed E-state index contributed by atoms with van der Waals surface area (Å²) in [6.07, 6.45) is -0.0149. The third-order valence-corrected chi connectivity index (χ3v) is 1.97. The van der Waals surface area contributed by atoms with Gasteiger partial charge in [0.15, 0.2) is 0 Å². The molecule has 0 aliphatic heterocycles. The minimum Gasteiger partial charge on any atom is -0.471 e. The predicted octanol–water partition coefficient (Wildman–Crippen LogP) is 1.000. The Bertz CT molecular complexity index is 290. The van der Waals surface area contributed by atoms with Gasteiger partial charge in [-0.25, -0.2) is 0 Å². The predicted molar refractivity (Wildman–Crippen MR) is 61.4 cm³/mol. The Hall–Kier alpha value is -1.20. The maximum atomic E-state index is 5.50. The second-order valence-electron chi connectivity index (χ2n) is 3.53. The van der Waals surface area contributed by atoms with Gasteiger partial charge in [0.25, 0.3) is 0 Å². The number of aromatic nitrogens is 2. The van der Waals surface area contributed by atoms with E-state index >= 15 is 0 Å². The zero-order valence-electron chi connectivity index (χ0n) is 10.1. The average Bonchev–Trinajstić information content (AvgIpc) is 2.28. The zero-order chi connectivity index (χ0) is 11.8. The topological polar surface area (TPSA) is 56.3 Å². The molecule has 0 saturated heterocycles. The molecule has 1 heterocycles. The van der Waals surface area contributed by atoms with Gasteiger partial charge in [-0.3, -0.25) is 0 Å². The van der Waals surface area contributed by atoms with Gasteiger partial charge in [0.05, 0.1) is 12.3 Å². The van der Waals surface area contributed by atoms with E-state index in [4.69, 9.17) is 9.47 Å². The lowest BCUT2D eigenvalue weighted by atomic mass is 10.4. The molecule has 0 radical (unpaired) electrons. The average molecular weight is 225 g/mol. The second-order valence-corrected chi connectivity index (χ2v) is 3.53. The molecule has 0 fully saturated rings. The van der Waals surface area contributed by atoms with Crippen molar-refractivity contribution in [2.45, 2.75) is 26.5 Å². The van der Waals surface area contributed by atoms with Crippen LogP contribution in [0.4, 0.5) is 0 Å². The van der Waals surface area contributed by atoms with Gasteiger partial charge in [-0.05, 0) is 19.5 Å². The van der Waals surface area contributed by atoms with Crippen LogP contribution in [0.2, 0.25) is 0 Å². The fourth-order valence-corrected chi connectivity index (χ4v) is 1.23. The minimum atomic E-state index is -0.0149. The molecule has 0 spiro atoms. The summed E-state index contributed by atoms with van der Waals surface area (Å²) in [6.45, 7) is 6.18. The van der Waals surface area contributed by atoms with Crippen LogP contribution in [0.5, 0.6) is 5.88 Å². The molecule has 0 aliphatic carbocycles. The molecule has 1 N–H and O–H groups in total. The van der Waals surface area contributed by atoms with Gasteiger partial charge >= 0.3 is 0 Å². The van der Waals surface area contributed by atoms with E-state index in [1.807, 2.05) is 19.1 Å². The third kappa shape index (κ3) is 4.55. The normalized spacial score (nSPS) is 12.4. The van der Waals surface area contributed by atoms with Crippen LogP contribution in [0.15, 0.2) is 12.1 Å². The molecule has 0 saturated carbocycles. The first-order chi connectivity index (χ1) is 7.76. The monoisotopic (exact) mass is 225 g/mol. The number of nitrogens with one attached hydrogen (secondary N) is 1. The van der Waals surface area contributed by atoms with Crippen LogP contribution in [0.1, 0.15) is 19.5 Å². The van der Waals surface area contributed by atoms with E-state index in [1.165, 1.54) is 0 Å². The summed E-state index contributed by atoms with van der Waals surface area (Å²) in [6, 6.07) is 3.73. The Morgan fingerprint density at radius 1 is 1.38 bits per heavy atom. The van der Waals surface area contributed by atoms with E-state index in [0.717, 1.165) is 18.8 Å². The van der Waals surface area contributed by atoms with Gasteiger partial charge in [0.1, 0.15) is 6.10 Å². The largest absolute Gasteiger partial charge is 0.471 e. The molecular weight excluding hydrogens is 206 g/mol. The van der Waals surface area contributed by atoms with E-state index in [0.29, 0.717) is 12.5 Å². The molecule has 1 aromatic heterocycles. The first-order valence-corrected chi connectivity index (χ1v) is 5.45. The highest BCUT2D eigenvalue weighted by Gasteiger charge is 2.04. The van der Waals surface area contributed by atoms with Crippen LogP contribution in [0.25, 0.3) is 0 Å².